The predicted molar refractivity (Wildman–Crippen MR) is 79.6 cm³/mol. The summed E-state index contributed by atoms with van der Waals surface area (Å²) in [7, 11) is 0. The fourth-order valence-electron chi connectivity index (χ4n) is 2.75. The maximum Gasteiger partial charge on any atom is 0.254 e. The van der Waals surface area contributed by atoms with Crippen LogP contribution in [-0.4, -0.2) is 17.3 Å². The van der Waals surface area contributed by atoms with Gasteiger partial charge in [0.15, 0.2) is 0 Å². The van der Waals surface area contributed by atoms with Crippen molar-refractivity contribution < 1.29 is 13.6 Å². The number of hydrogen-bond donors (Lipinski definition) is 1. The summed E-state index contributed by atoms with van der Waals surface area (Å²) in [5.41, 5.74) is -0.365. The van der Waals surface area contributed by atoms with Crippen molar-refractivity contribution in [3.63, 3.8) is 0 Å². The third-order valence-corrected chi connectivity index (χ3v) is 4.87. The van der Waals surface area contributed by atoms with Crippen LogP contribution in [0.1, 0.15) is 48.5 Å². The first-order chi connectivity index (χ1) is 9.87. The van der Waals surface area contributed by atoms with Gasteiger partial charge in [0, 0.05) is 11.9 Å². The van der Waals surface area contributed by atoms with Crippen molar-refractivity contribution in [1.82, 2.24) is 5.32 Å². The Kier molecular flexibility index (Phi) is 4.87. The fraction of sp³-hybridized carbons (Fsp3) is 0.562. The van der Waals surface area contributed by atoms with E-state index in [1.54, 1.807) is 0 Å². The molecule has 1 saturated carbocycles. The Hall–Kier alpha value is -1.16. The van der Waals surface area contributed by atoms with Gasteiger partial charge >= 0.3 is 0 Å². The smallest absolute Gasteiger partial charge is 0.254 e. The maximum atomic E-state index is 13.8. The molecule has 2 rings (SSSR count). The molecular weight excluding hydrogens is 296 g/mol. The fourth-order valence-corrected chi connectivity index (χ4v) is 3.08. The zero-order valence-electron chi connectivity index (χ0n) is 12.3. The standard InChI is InChI=1S/C16H20ClF2NO/c1-10-3-5-16(9-17,6-4-10)20-15(21)12-7-11(2)13(18)8-14(12)19/h7-8,10H,3-6,9H2,1-2H3,(H,20,21). The minimum Gasteiger partial charge on any atom is -0.345 e. The second-order valence-electron chi connectivity index (χ2n) is 6.13. The molecular formula is C16H20ClF2NO. The van der Waals surface area contributed by atoms with E-state index in [9.17, 15) is 13.6 Å². The molecule has 1 aliphatic rings. The Balaban J connectivity index is 2.19. The van der Waals surface area contributed by atoms with Gasteiger partial charge in [-0.15, -0.1) is 11.6 Å². The van der Waals surface area contributed by atoms with Crippen LogP contribution < -0.4 is 5.32 Å². The van der Waals surface area contributed by atoms with E-state index in [1.165, 1.54) is 13.0 Å². The lowest BCUT2D eigenvalue weighted by molar-refractivity contribution is 0.0868. The van der Waals surface area contributed by atoms with E-state index in [0.717, 1.165) is 31.7 Å². The molecule has 0 radical (unpaired) electrons. The van der Waals surface area contributed by atoms with Gasteiger partial charge in [-0.2, -0.15) is 0 Å². The number of halogens is 3. The van der Waals surface area contributed by atoms with Crippen molar-refractivity contribution in [3.05, 3.63) is 34.9 Å². The molecule has 116 valence electrons. The first-order valence-electron chi connectivity index (χ1n) is 7.21. The molecule has 0 unspecified atom stereocenters. The number of rotatable bonds is 3. The SMILES string of the molecule is Cc1cc(C(=O)NC2(CCl)CCC(C)CC2)c(F)cc1F. The highest BCUT2D eigenvalue weighted by Crippen LogP contribution is 2.33. The van der Waals surface area contributed by atoms with E-state index in [-0.39, 0.29) is 11.1 Å². The van der Waals surface area contributed by atoms with Crippen LogP contribution in [0.4, 0.5) is 8.78 Å². The van der Waals surface area contributed by atoms with Gasteiger partial charge in [0.05, 0.1) is 11.1 Å². The van der Waals surface area contributed by atoms with Gasteiger partial charge in [-0.1, -0.05) is 6.92 Å². The molecule has 0 saturated heterocycles. The normalized spacial score (nSPS) is 25.7. The Morgan fingerprint density at radius 2 is 1.95 bits per heavy atom. The lowest BCUT2D eigenvalue weighted by Gasteiger charge is -2.38. The summed E-state index contributed by atoms with van der Waals surface area (Å²) < 4.78 is 27.1. The van der Waals surface area contributed by atoms with Crippen LogP contribution in [0, 0.1) is 24.5 Å². The van der Waals surface area contributed by atoms with Crippen LogP contribution in [0.2, 0.25) is 0 Å². The molecule has 1 N–H and O–H groups in total. The molecule has 0 spiro atoms. The molecule has 0 heterocycles. The molecule has 0 aromatic heterocycles. The lowest BCUT2D eigenvalue weighted by Crippen LogP contribution is -2.52. The molecule has 0 bridgehead atoms. The summed E-state index contributed by atoms with van der Waals surface area (Å²) in [6.45, 7) is 3.67. The number of aryl methyl sites for hydroxylation is 1. The average molecular weight is 316 g/mol. The molecule has 1 aliphatic carbocycles. The zero-order valence-corrected chi connectivity index (χ0v) is 13.1. The van der Waals surface area contributed by atoms with Crippen LogP contribution >= 0.6 is 11.6 Å². The zero-order chi connectivity index (χ0) is 15.6. The number of alkyl halides is 1. The summed E-state index contributed by atoms with van der Waals surface area (Å²) in [5.74, 6) is -1.10. The Morgan fingerprint density at radius 3 is 2.52 bits per heavy atom. The van der Waals surface area contributed by atoms with Crippen LogP contribution in [0.15, 0.2) is 12.1 Å². The Labute approximate surface area is 128 Å². The lowest BCUT2D eigenvalue weighted by atomic mass is 9.78. The topological polar surface area (TPSA) is 29.1 Å². The number of hydrogen-bond acceptors (Lipinski definition) is 1. The van der Waals surface area contributed by atoms with Gasteiger partial charge in [-0.05, 0) is 50.2 Å². The average Bonchev–Trinajstić information content (AvgIpc) is 2.45. The third kappa shape index (κ3) is 3.54. The van der Waals surface area contributed by atoms with Crippen LogP contribution in [0.25, 0.3) is 0 Å². The van der Waals surface area contributed by atoms with E-state index in [0.29, 0.717) is 11.8 Å². The van der Waals surface area contributed by atoms with Crippen LogP contribution in [-0.2, 0) is 0 Å². The summed E-state index contributed by atoms with van der Waals surface area (Å²) >= 11 is 6.04. The second-order valence-corrected chi connectivity index (χ2v) is 6.40. The van der Waals surface area contributed by atoms with Crippen LogP contribution in [0.5, 0.6) is 0 Å². The maximum absolute atomic E-state index is 13.8. The number of nitrogens with one attached hydrogen (secondary N) is 1. The quantitative estimate of drug-likeness (QED) is 0.833. The number of benzene rings is 1. The third-order valence-electron chi connectivity index (χ3n) is 4.36. The number of carbonyl (C=O) groups excluding carboxylic acids is 1. The summed E-state index contributed by atoms with van der Waals surface area (Å²) in [5, 5.41) is 2.87. The molecule has 5 heteroatoms. The second kappa shape index (κ2) is 6.30. The van der Waals surface area contributed by atoms with Gasteiger partial charge in [0.1, 0.15) is 11.6 Å². The van der Waals surface area contributed by atoms with Gasteiger partial charge < -0.3 is 5.32 Å². The van der Waals surface area contributed by atoms with Crippen molar-refractivity contribution in [1.29, 1.82) is 0 Å². The largest absolute Gasteiger partial charge is 0.345 e. The summed E-state index contributed by atoms with van der Waals surface area (Å²) in [6, 6.07) is 1.99. The highest BCUT2D eigenvalue weighted by Gasteiger charge is 2.35. The Morgan fingerprint density at radius 1 is 1.33 bits per heavy atom. The molecule has 1 aromatic carbocycles. The van der Waals surface area contributed by atoms with E-state index in [1.807, 2.05) is 0 Å². The van der Waals surface area contributed by atoms with Crippen molar-refractivity contribution in [2.75, 3.05) is 5.88 Å². The first-order valence-corrected chi connectivity index (χ1v) is 7.74. The van der Waals surface area contributed by atoms with E-state index >= 15 is 0 Å². The monoisotopic (exact) mass is 315 g/mol. The Bertz CT molecular complexity index is 539. The number of carbonyl (C=O) groups is 1. The minimum atomic E-state index is -0.843. The predicted octanol–water partition coefficient (Wildman–Crippen LogP) is 4.19. The highest BCUT2D eigenvalue weighted by atomic mass is 35.5. The molecule has 21 heavy (non-hydrogen) atoms. The van der Waals surface area contributed by atoms with Crippen molar-refractivity contribution in [2.45, 2.75) is 45.1 Å². The van der Waals surface area contributed by atoms with Crippen molar-refractivity contribution >= 4 is 17.5 Å². The molecule has 1 fully saturated rings. The van der Waals surface area contributed by atoms with Gasteiger partial charge in [-0.25, -0.2) is 8.78 Å². The van der Waals surface area contributed by atoms with E-state index in [4.69, 9.17) is 11.6 Å². The molecule has 1 aromatic rings. The first kappa shape index (κ1) is 16.2. The van der Waals surface area contributed by atoms with Crippen molar-refractivity contribution in [2.24, 2.45) is 5.92 Å². The number of amides is 1. The van der Waals surface area contributed by atoms with Crippen LogP contribution in [0.3, 0.4) is 0 Å². The highest BCUT2D eigenvalue weighted by molar-refractivity contribution is 6.19. The molecule has 0 aliphatic heterocycles. The minimum absolute atomic E-state index is 0.128. The summed E-state index contributed by atoms with van der Waals surface area (Å²) in [4.78, 5) is 12.3. The molecule has 1 amide bonds. The van der Waals surface area contributed by atoms with Gasteiger partial charge in [0.2, 0.25) is 0 Å². The van der Waals surface area contributed by atoms with Gasteiger partial charge in [0.25, 0.3) is 5.91 Å². The van der Waals surface area contributed by atoms with E-state index in [2.05, 4.69) is 12.2 Å². The summed E-state index contributed by atoms with van der Waals surface area (Å²) in [6.07, 6.45) is 3.53. The van der Waals surface area contributed by atoms with E-state index < -0.39 is 23.1 Å². The van der Waals surface area contributed by atoms with Crippen molar-refractivity contribution in [3.8, 4) is 0 Å². The molecule has 0 atom stereocenters. The molecule has 2 nitrogen and oxygen atoms in total. The van der Waals surface area contributed by atoms with Gasteiger partial charge in [-0.3, -0.25) is 4.79 Å².